The van der Waals surface area contributed by atoms with Gasteiger partial charge in [-0.3, -0.25) is 0 Å². The minimum Gasteiger partial charge on any atom is -0.249 e. The highest BCUT2D eigenvalue weighted by Gasteiger charge is 2.05. The van der Waals surface area contributed by atoms with E-state index in [1.165, 1.54) is 21.6 Å². The molecule has 72 valence electrons. The van der Waals surface area contributed by atoms with Crippen molar-refractivity contribution in [3.8, 4) is 10.4 Å². The molecule has 0 fully saturated rings. The number of rotatable bonds is 1. The fourth-order valence-electron chi connectivity index (χ4n) is 1.50. The molecule has 0 radical (unpaired) electrons. The van der Waals surface area contributed by atoms with E-state index in [1.807, 2.05) is 13.1 Å². The standard InChI is InChI=1S/C12H13NS/c1-8-5-4-6-11(9(8)2)12-7-13-10(3)14-12/h4-7H,1-3H3. The number of nitrogens with zero attached hydrogens (tertiary/aromatic N) is 1. The van der Waals surface area contributed by atoms with Crippen LogP contribution in [0.5, 0.6) is 0 Å². The van der Waals surface area contributed by atoms with Crippen LogP contribution in [0.1, 0.15) is 16.1 Å². The molecule has 1 heterocycles. The van der Waals surface area contributed by atoms with E-state index in [0.29, 0.717) is 0 Å². The van der Waals surface area contributed by atoms with Crippen LogP contribution in [0.2, 0.25) is 0 Å². The third kappa shape index (κ3) is 1.58. The first-order valence-corrected chi connectivity index (χ1v) is 5.49. The van der Waals surface area contributed by atoms with Crippen LogP contribution in [0.3, 0.4) is 0 Å². The summed E-state index contributed by atoms with van der Waals surface area (Å²) in [5, 5.41) is 1.13. The minimum atomic E-state index is 1.13. The summed E-state index contributed by atoms with van der Waals surface area (Å²) in [5.74, 6) is 0. The number of hydrogen-bond donors (Lipinski definition) is 0. The lowest BCUT2D eigenvalue weighted by molar-refractivity contribution is 1.29. The van der Waals surface area contributed by atoms with Crippen LogP contribution >= 0.6 is 11.3 Å². The van der Waals surface area contributed by atoms with Gasteiger partial charge in [0.25, 0.3) is 0 Å². The van der Waals surface area contributed by atoms with Gasteiger partial charge in [-0.2, -0.15) is 0 Å². The Hall–Kier alpha value is -1.15. The molecule has 0 unspecified atom stereocenters. The predicted molar refractivity (Wildman–Crippen MR) is 61.8 cm³/mol. The third-order valence-electron chi connectivity index (χ3n) is 2.49. The van der Waals surface area contributed by atoms with Gasteiger partial charge in [-0.15, -0.1) is 11.3 Å². The first-order valence-electron chi connectivity index (χ1n) is 4.67. The Bertz CT molecular complexity index is 457. The van der Waals surface area contributed by atoms with Crippen molar-refractivity contribution in [2.45, 2.75) is 20.8 Å². The van der Waals surface area contributed by atoms with Crippen LogP contribution < -0.4 is 0 Å². The van der Waals surface area contributed by atoms with Crippen LogP contribution in [0.4, 0.5) is 0 Å². The quantitative estimate of drug-likeness (QED) is 0.688. The lowest BCUT2D eigenvalue weighted by Crippen LogP contribution is -1.83. The van der Waals surface area contributed by atoms with Crippen molar-refractivity contribution < 1.29 is 0 Å². The smallest absolute Gasteiger partial charge is 0.0900 e. The highest BCUT2D eigenvalue weighted by molar-refractivity contribution is 7.15. The average molecular weight is 203 g/mol. The highest BCUT2D eigenvalue weighted by atomic mass is 32.1. The summed E-state index contributed by atoms with van der Waals surface area (Å²) in [5.41, 5.74) is 4.01. The fourth-order valence-corrected chi connectivity index (χ4v) is 2.36. The number of hydrogen-bond acceptors (Lipinski definition) is 2. The number of benzene rings is 1. The van der Waals surface area contributed by atoms with Crippen LogP contribution in [0.15, 0.2) is 24.4 Å². The van der Waals surface area contributed by atoms with Gasteiger partial charge in [0.1, 0.15) is 0 Å². The Morgan fingerprint density at radius 1 is 1.14 bits per heavy atom. The predicted octanol–water partition coefficient (Wildman–Crippen LogP) is 3.74. The molecule has 0 bridgehead atoms. The Balaban J connectivity index is 2.57. The van der Waals surface area contributed by atoms with Gasteiger partial charge in [0, 0.05) is 6.20 Å². The minimum absolute atomic E-state index is 1.13. The molecule has 0 atom stereocenters. The number of thiazole rings is 1. The molecule has 2 heteroatoms. The summed E-state index contributed by atoms with van der Waals surface area (Å²) < 4.78 is 0. The topological polar surface area (TPSA) is 12.9 Å². The molecule has 1 nitrogen and oxygen atoms in total. The molecular formula is C12H13NS. The van der Waals surface area contributed by atoms with E-state index in [0.717, 1.165) is 5.01 Å². The zero-order chi connectivity index (χ0) is 10.1. The largest absolute Gasteiger partial charge is 0.249 e. The van der Waals surface area contributed by atoms with Crippen LogP contribution in [0.25, 0.3) is 10.4 Å². The molecule has 2 rings (SSSR count). The molecule has 14 heavy (non-hydrogen) atoms. The van der Waals surface area contributed by atoms with E-state index in [1.54, 1.807) is 11.3 Å². The van der Waals surface area contributed by atoms with E-state index >= 15 is 0 Å². The Morgan fingerprint density at radius 2 is 1.93 bits per heavy atom. The van der Waals surface area contributed by atoms with Crippen molar-refractivity contribution in [1.29, 1.82) is 0 Å². The summed E-state index contributed by atoms with van der Waals surface area (Å²) in [6, 6.07) is 6.41. The van der Waals surface area contributed by atoms with Gasteiger partial charge in [0.05, 0.1) is 9.88 Å². The molecule has 0 spiro atoms. The second-order valence-corrected chi connectivity index (χ2v) is 4.73. The van der Waals surface area contributed by atoms with Gasteiger partial charge in [-0.1, -0.05) is 18.2 Å². The normalized spacial score (nSPS) is 10.5. The molecule has 0 aliphatic carbocycles. The molecular weight excluding hydrogens is 190 g/mol. The Morgan fingerprint density at radius 3 is 2.57 bits per heavy atom. The molecule has 0 saturated heterocycles. The van der Waals surface area contributed by atoms with E-state index in [2.05, 4.69) is 37.0 Å². The molecule has 2 aromatic rings. The second kappa shape index (κ2) is 3.54. The number of aromatic nitrogens is 1. The summed E-state index contributed by atoms with van der Waals surface area (Å²) in [6.45, 7) is 6.35. The highest BCUT2D eigenvalue weighted by Crippen LogP contribution is 2.29. The molecule has 0 saturated carbocycles. The first kappa shape index (κ1) is 9.41. The first-order chi connectivity index (χ1) is 6.68. The average Bonchev–Trinajstić information content (AvgIpc) is 2.57. The molecule has 0 aliphatic rings. The van der Waals surface area contributed by atoms with Crippen LogP contribution in [0, 0.1) is 20.8 Å². The van der Waals surface area contributed by atoms with Crippen molar-refractivity contribution >= 4 is 11.3 Å². The molecule has 1 aromatic carbocycles. The maximum absolute atomic E-state index is 4.28. The molecule has 0 amide bonds. The van der Waals surface area contributed by atoms with Gasteiger partial charge in [0.15, 0.2) is 0 Å². The summed E-state index contributed by atoms with van der Waals surface area (Å²) >= 11 is 1.75. The van der Waals surface area contributed by atoms with Crippen LogP contribution in [-0.4, -0.2) is 4.98 Å². The summed E-state index contributed by atoms with van der Waals surface area (Å²) in [7, 11) is 0. The van der Waals surface area contributed by atoms with Gasteiger partial charge in [0.2, 0.25) is 0 Å². The number of aryl methyl sites for hydroxylation is 2. The SMILES string of the molecule is Cc1ncc(-c2cccc(C)c2C)s1. The zero-order valence-corrected chi connectivity index (χ0v) is 9.48. The van der Waals surface area contributed by atoms with E-state index in [9.17, 15) is 0 Å². The van der Waals surface area contributed by atoms with E-state index in [4.69, 9.17) is 0 Å². The maximum atomic E-state index is 4.28. The van der Waals surface area contributed by atoms with Gasteiger partial charge in [-0.05, 0) is 37.5 Å². The summed E-state index contributed by atoms with van der Waals surface area (Å²) in [4.78, 5) is 5.55. The lowest BCUT2D eigenvalue weighted by atomic mass is 10.0. The lowest BCUT2D eigenvalue weighted by Gasteiger charge is -2.05. The molecule has 0 aliphatic heterocycles. The monoisotopic (exact) mass is 203 g/mol. The van der Waals surface area contributed by atoms with Gasteiger partial charge in [-0.25, -0.2) is 4.98 Å². The van der Waals surface area contributed by atoms with Crippen molar-refractivity contribution in [2.75, 3.05) is 0 Å². The van der Waals surface area contributed by atoms with Crippen LogP contribution in [-0.2, 0) is 0 Å². The van der Waals surface area contributed by atoms with Crippen molar-refractivity contribution in [3.63, 3.8) is 0 Å². The third-order valence-corrected chi connectivity index (χ3v) is 3.44. The zero-order valence-electron chi connectivity index (χ0n) is 8.66. The summed E-state index contributed by atoms with van der Waals surface area (Å²) in [6.07, 6.45) is 1.96. The second-order valence-electron chi connectivity index (χ2n) is 3.49. The Labute approximate surface area is 88.4 Å². The van der Waals surface area contributed by atoms with E-state index in [-0.39, 0.29) is 0 Å². The Kier molecular flexibility index (Phi) is 2.38. The van der Waals surface area contributed by atoms with Crippen molar-refractivity contribution in [3.05, 3.63) is 40.5 Å². The van der Waals surface area contributed by atoms with Gasteiger partial charge < -0.3 is 0 Å². The maximum Gasteiger partial charge on any atom is 0.0900 e. The molecule has 1 aromatic heterocycles. The van der Waals surface area contributed by atoms with Gasteiger partial charge >= 0.3 is 0 Å². The van der Waals surface area contributed by atoms with Crippen molar-refractivity contribution in [2.24, 2.45) is 0 Å². The fraction of sp³-hybridized carbons (Fsp3) is 0.250. The van der Waals surface area contributed by atoms with E-state index < -0.39 is 0 Å². The molecule has 0 N–H and O–H groups in total. The van der Waals surface area contributed by atoms with Crippen molar-refractivity contribution in [1.82, 2.24) is 4.98 Å².